The molecule has 1 heterocycles. The van der Waals surface area contributed by atoms with Gasteiger partial charge in [-0.25, -0.2) is 0 Å². The minimum absolute atomic E-state index is 0.134. The number of anilines is 2. The van der Waals surface area contributed by atoms with E-state index in [4.69, 9.17) is 11.6 Å². The van der Waals surface area contributed by atoms with E-state index in [0.29, 0.717) is 22.7 Å². The summed E-state index contributed by atoms with van der Waals surface area (Å²) in [6, 6.07) is 10.9. The van der Waals surface area contributed by atoms with Crippen molar-refractivity contribution in [3.63, 3.8) is 0 Å². The Morgan fingerprint density at radius 1 is 1.17 bits per heavy atom. The Bertz CT molecular complexity index is 777. The Hall–Kier alpha value is -2.33. The molecule has 0 unspecified atom stereocenters. The third kappa shape index (κ3) is 3.29. The molecule has 24 heavy (non-hydrogen) atoms. The largest absolute Gasteiger partial charge is 0.320 e. The number of benzene rings is 2. The Morgan fingerprint density at radius 3 is 2.46 bits per heavy atom. The molecule has 124 valence electrons. The summed E-state index contributed by atoms with van der Waals surface area (Å²) in [4.78, 5) is 26.0. The van der Waals surface area contributed by atoms with Gasteiger partial charge in [0.05, 0.1) is 10.7 Å². The first-order valence-corrected chi connectivity index (χ1v) is 8.32. The van der Waals surface area contributed by atoms with Gasteiger partial charge in [0.15, 0.2) is 0 Å². The van der Waals surface area contributed by atoms with E-state index in [2.05, 4.69) is 5.32 Å². The number of carbonyl (C=O) groups excluding carboxylic acids is 2. The van der Waals surface area contributed by atoms with Gasteiger partial charge in [0.2, 0.25) is 5.91 Å². The van der Waals surface area contributed by atoms with E-state index >= 15 is 0 Å². The van der Waals surface area contributed by atoms with E-state index in [9.17, 15) is 9.59 Å². The zero-order valence-electron chi connectivity index (χ0n) is 13.7. The minimum Gasteiger partial charge on any atom is -0.320 e. The zero-order chi connectivity index (χ0) is 17.3. The van der Waals surface area contributed by atoms with Crippen LogP contribution < -0.4 is 10.2 Å². The van der Waals surface area contributed by atoms with Crippen LogP contribution in [0.25, 0.3) is 0 Å². The molecule has 1 aliphatic heterocycles. The van der Waals surface area contributed by atoms with Crippen molar-refractivity contribution in [2.45, 2.75) is 26.7 Å². The summed E-state index contributed by atoms with van der Waals surface area (Å²) in [6.45, 7) is 4.61. The van der Waals surface area contributed by atoms with Crippen molar-refractivity contribution in [2.75, 3.05) is 16.8 Å². The molecule has 5 heteroatoms. The van der Waals surface area contributed by atoms with E-state index in [1.165, 1.54) is 0 Å². The van der Waals surface area contributed by atoms with Gasteiger partial charge in [-0.3, -0.25) is 9.59 Å². The fourth-order valence-corrected chi connectivity index (χ4v) is 3.34. The quantitative estimate of drug-likeness (QED) is 0.902. The zero-order valence-corrected chi connectivity index (χ0v) is 14.5. The van der Waals surface area contributed by atoms with Crippen LogP contribution in [0.5, 0.6) is 0 Å². The number of nitrogens with one attached hydrogen (secondary N) is 1. The number of nitrogens with zero attached hydrogens (tertiary/aromatic N) is 1. The van der Waals surface area contributed by atoms with Crippen LogP contribution in [0.4, 0.5) is 11.4 Å². The highest BCUT2D eigenvalue weighted by molar-refractivity contribution is 6.34. The third-order valence-corrected chi connectivity index (χ3v) is 4.48. The Morgan fingerprint density at radius 2 is 1.88 bits per heavy atom. The second-order valence-electron chi connectivity index (χ2n) is 6.09. The van der Waals surface area contributed by atoms with Crippen LogP contribution in [0.1, 0.15) is 34.3 Å². The number of rotatable bonds is 3. The molecule has 0 bridgehead atoms. The highest BCUT2D eigenvalue weighted by atomic mass is 35.5. The van der Waals surface area contributed by atoms with Crippen LogP contribution in [0, 0.1) is 13.8 Å². The van der Waals surface area contributed by atoms with E-state index < -0.39 is 0 Å². The van der Waals surface area contributed by atoms with Crippen molar-refractivity contribution in [1.29, 1.82) is 0 Å². The fraction of sp³-hybridized carbons (Fsp3) is 0.263. The molecule has 2 aromatic carbocycles. The molecule has 1 fully saturated rings. The summed E-state index contributed by atoms with van der Waals surface area (Å²) in [5, 5.41) is 3.40. The van der Waals surface area contributed by atoms with Crippen LogP contribution in [0.2, 0.25) is 5.02 Å². The SMILES string of the molecule is Cc1cc(C)c(NC(=O)c2ccc(N3CCCC3=O)cc2)c(Cl)c1. The number of carbonyl (C=O) groups is 2. The highest BCUT2D eigenvalue weighted by Crippen LogP contribution is 2.28. The molecule has 1 N–H and O–H groups in total. The van der Waals surface area contributed by atoms with Crippen LogP contribution in [0.15, 0.2) is 36.4 Å². The average molecular weight is 343 g/mol. The first-order valence-electron chi connectivity index (χ1n) is 7.94. The van der Waals surface area contributed by atoms with Crippen molar-refractivity contribution >= 4 is 34.8 Å². The molecule has 4 nitrogen and oxygen atoms in total. The molecule has 1 saturated heterocycles. The maximum Gasteiger partial charge on any atom is 0.255 e. The van der Waals surface area contributed by atoms with Gasteiger partial charge >= 0.3 is 0 Å². The van der Waals surface area contributed by atoms with E-state index in [0.717, 1.165) is 29.8 Å². The highest BCUT2D eigenvalue weighted by Gasteiger charge is 2.21. The fourth-order valence-electron chi connectivity index (χ4n) is 2.97. The molecule has 2 aromatic rings. The topological polar surface area (TPSA) is 49.4 Å². The molecule has 3 rings (SSSR count). The smallest absolute Gasteiger partial charge is 0.255 e. The van der Waals surface area contributed by atoms with Crippen molar-refractivity contribution < 1.29 is 9.59 Å². The number of hydrogen-bond acceptors (Lipinski definition) is 2. The van der Waals surface area contributed by atoms with Crippen LogP contribution in [0.3, 0.4) is 0 Å². The van der Waals surface area contributed by atoms with Crippen molar-refractivity contribution in [2.24, 2.45) is 0 Å². The van der Waals surface area contributed by atoms with Gasteiger partial charge in [0, 0.05) is 24.2 Å². The van der Waals surface area contributed by atoms with Gasteiger partial charge in [0.25, 0.3) is 5.91 Å². The molecule has 0 aromatic heterocycles. The number of halogens is 1. The standard InChI is InChI=1S/C19H19ClN2O2/c1-12-10-13(2)18(16(20)11-12)21-19(24)14-5-7-15(8-6-14)22-9-3-4-17(22)23/h5-8,10-11H,3-4,9H2,1-2H3,(H,21,24). The Balaban J connectivity index is 1.77. The molecule has 0 radical (unpaired) electrons. The van der Waals surface area contributed by atoms with Crippen LogP contribution in [-0.2, 0) is 4.79 Å². The summed E-state index contributed by atoms with van der Waals surface area (Å²) >= 11 is 6.23. The maximum absolute atomic E-state index is 12.5. The van der Waals surface area contributed by atoms with E-state index in [1.54, 1.807) is 17.0 Å². The van der Waals surface area contributed by atoms with E-state index in [-0.39, 0.29) is 11.8 Å². The molecule has 1 aliphatic rings. The summed E-state index contributed by atoms with van der Waals surface area (Å²) in [6.07, 6.45) is 1.47. The molecule has 0 saturated carbocycles. The van der Waals surface area contributed by atoms with Gasteiger partial charge in [-0.15, -0.1) is 0 Å². The first kappa shape index (κ1) is 16.5. The van der Waals surface area contributed by atoms with E-state index in [1.807, 2.05) is 38.1 Å². The predicted octanol–water partition coefficient (Wildman–Crippen LogP) is 4.34. The molecule has 0 spiro atoms. The van der Waals surface area contributed by atoms with Crippen LogP contribution in [-0.4, -0.2) is 18.4 Å². The summed E-state index contributed by atoms with van der Waals surface area (Å²) in [5.41, 5.74) is 3.97. The monoisotopic (exact) mass is 342 g/mol. The second kappa shape index (κ2) is 6.65. The lowest BCUT2D eigenvalue weighted by molar-refractivity contribution is -0.117. The maximum atomic E-state index is 12.5. The number of aryl methyl sites for hydroxylation is 2. The van der Waals surface area contributed by atoms with Crippen molar-refractivity contribution in [3.05, 3.63) is 58.1 Å². The molecular weight excluding hydrogens is 324 g/mol. The number of amides is 2. The Labute approximate surface area is 146 Å². The van der Waals surface area contributed by atoms with Crippen molar-refractivity contribution in [3.8, 4) is 0 Å². The molecule has 0 atom stereocenters. The van der Waals surface area contributed by atoms with Crippen molar-refractivity contribution in [1.82, 2.24) is 0 Å². The lowest BCUT2D eigenvalue weighted by Crippen LogP contribution is -2.23. The predicted molar refractivity (Wildman–Crippen MR) is 96.9 cm³/mol. The van der Waals surface area contributed by atoms with Gasteiger partial charge < -0.3 is 10.2 Å². The molecular formula is C19H19ClN2O2. The van der Waals surface area contributed by atoms with Gasteiger partial charge in [-0.2, -0.15) is 0 Å². The third-order valence-electron chi connectivity index (χ3n) is 4.18. The average Bonchev–Trinajstić information content (AvgIpc) is 2.97. The summed E-state index contributed by atoms with van der Waals surface area (Å²) in [7, 11) is 0. The molecule has 0 aliphatic carbocycles. The van der Waals surface area contributed by atoms with Crippen LogP contribution >= 0.6 is 11.6 Å². The normalized spacial score (nSPS) is 14.1. The summed E-state index contributed by atoms with van der Waals surface area (Å²) in [5.74, 6) is -0.0857. The van der Waals surface area contributed by atoms with Gasteiger partial charge in [-0.1, -0.05) is 17.7 Å². The minimum atomic E-state index is -0.219. The number of hydrogen-bond donors (Lipinski definition) is 1. The first-order chi connectivity index (χ1) is 11.5. The van der Waals surface area contributed by atoms with Gasteiger partial charge in [-0.05, 0) is 61.7 Å². The van der Waals surface area contributed by atoms with Gasteiger partial charge in [0.1, 0.15) is 0 Å². The lowest BCUT2D eigenvalue weighted by Gasteiger charge is -2.16. The molecule has 2 amide bonds. The second-order valence-corrected chi connectivity index (χ2v) is 6.50. The lowest BCUT2D eigenvalue weighted by atomic mass is 10.1. The Kier molecular flexibility index (Phi) is 4.58. The summed E-state index contributed by atoms with van der Waals surface area (Å²) < 4.78 is 0.